The Balaban J connectivity index is 0.00000280. The molecule has 0 aliphatic rings. The highest BCUT2D eigenvalue weighted by atomic mass is 16.5. The molecule has 0 radical (unpaired) electrons. The highest BCUT2D eigenvalue weighted by Gasteiger charge is 2.14. The van der Waals surface area contributed by atoms with E-state index >= 15 is 0 Å². The van der Waals surface area contributed by atoms with Gasteiger partial charge in [-0.05, 0) is 38.1 Å². The summed E-state index contributed by atoms with van der Waals surface area (Å²) in [7, 11) is 1.25. The van der Waals surface area contributed by atoms with Gasteiger partial charge in [-0.1, -0.05) is 6.07 Å². The molecule has 0 bridgehead atoms. The fourth-order valence-electron chi connectivity index (χ4n) is 2.97. The molecule has 0 saturated carbocycles. The minimum Gasteiger partial charge on any atom is -0.468 e. The van der Waals surface area contributed by atoms with Gasteiger partial charge in [0.2, 0.25) is 0 Å². The van der Waals surface area contributed by atoms with Crippen molar-refractivity contribution in [3.05, 3.63) is 64.7 Å². The number of ether oxygens (including phenoxy) is 1. The van der Waals surface area contributed by atoms with Crippen LogP contribution in [0.4, 0.5) is 5.69 Å². The van der Waals surface area contributed by atoms with E-state index in [0.717, 1.165) is 10.9 Å². The molecule has 0 unspecified atom stereocenters. The first-order valence-corrected chi connectivity index (χ1v) is 8.59. The highest BCUT2D eigenvalue weighted by Crippen LogP contribution is 2.24. The fraction of sp³-hybridized carbons (Fsp3) is 0.250. The topological polar surface area (TPSA) is 82.3 Å². The molecule has 0 aliphatic heterocycles. The van der Waals surface area contributed by atoms with Gasteiger partial charge in [0.25, 0.3) is 11.5 Å². The van der Waals surface area contributed by atoms with Crippen molar-refractivity contribution >= 4 is 28.5 Å². The number of carbonyl (C=O) groups is 2. The number of anilines is 1. The number of esters is 1. The monoisotopic (exact) mass is 369 g/mol. The molecule has 7 nitrogen and oxygen atoms in total. The summed E-state index contributed by atoms with van der Waals surface area (Å²) in [5.41, 5.74) is 1.59. The van der Waals surface area contributed by atoms with Gasteiger partial charge >= 0.3 is 5.97 Å². The molecule has 0 spiro atoms. The van der Waals surface area contributed by atoms with Crippen LogP contribution in [0.15, 0.2) is 53.6 Å². The van der Waals surface area contributed by atoms with Crippen LogP contribution in [0.3, 0.4) is 0 Å². The van der Waals surface area contributed by atoms with E-state index in [2.05, 4.69) is 28.5 Å². The van der Waals surface area contributed by atoms with Crippen molar-refractivity contribution in [2.45, 2.75) is 26.4 Å². The normalized spacial score (nSPS) is 11.0. The molecule has 142 valence electrons. The molecular formula is C20H23N3O4. The third-order valence-electron chi connectivity index (χ3n) is 4.33. The first-order valence-electron chi connectivity index (χ1n) is 8.59. The van der Waals surface area contributed by atoms with Gasteiger partial charge in [0, 0.05) is 42.4 Å². The van der Waals surface area contributed by atoms with E-state index in [1.165, 1.54) is 30.0 Å². The molecule has 2 heterocycles. The largest absolute Gasteiger partial charge is 0.468 e. The van der Waals surface area contributed by atoms with E-state index in [1.807, 2.05) is 24.4 Å². The lowest BCUT2D eigenvalue weighted by atomic mass is 10.1. The Morgan fingerprint density at radius 3 is 2.67 bits per heavy atom. The van der Waals surface area contributed by atoms with Crippen molar-refractivity contribution in [2.24, 2.45) is 0 Å². The third kappa shape index (κ3) is 3.76. The van der Waals surface area contributed by atoms with Crippen LogP contribution < -0.4 is 10.9 Å². The Bertz CT molecular complexity index is 1070. The van der Waals surface area contributed by atoms with Gasteiger partial charge in [-0.3, -0.25) is 14.4 Å². The summed E-state index contributed by atoms with van der Waals surface area (Å²) in [5.74, 6) is -0.828. The van der Waals surface area contributed by atoms with Gasteiger partial charge in [0.1, 0.15) is 6.54 Å². The lowest BCUT2D eigenvalue weighted by molar-refractivity contribution is -0.141. The Kier molecular flexibility index (Phi) is 5.12. The molecule has 3 aromatic rings. The SMILES string of the molecule is COC(=O)Cn1cc(NC(=O)c2cccc3c2ccn3C(C)C)ccc1=O.[HH]. The molecule has 1 N–H and O–H groups in total. The molecule has 3 rings (SSSR count). The van der Waals surface area contributed by atoms with Crippen LogP contribution in [0, 0.1) is 0 Å². The molecule has 2 aromatic heterocycles. The summed E-state index contributed by atoms with van der Waals surface area (Å²) in [6.07, 6.45) is 3.39. The highest BCUT2D eigenvalue weighted by molar-refractivity contribution is 6.12. The Hall–Kier alpha value is -3.35. The number of fused-ring (bicyclic) bond motifs is 1. The summed E-state index contributed by atoms with van der Waals surface area (Å²) in [6.45, 7) is 3.94. The minimum atomic E-state index is -0.541. The molecule has 0 saturated heterocycles. The zero-order valence-corrected chi connectivity index (χ0v) is 15.4. The zero-order valence-electron chi connectivity index (χ0n) is 15.4. The van der Waals surface area contributed by atoms with Gasteiger partial charge in [0.15, 0.2) is 0 Å². The summed E-state index contributed by atoms with van der Waals surface area (Å²) >= 11 is 0. The number of pyridine rings is 1. The van der Waals surface area contributed by atoms with E-state index in [4.69, 9.17) is 0 Å². The van der Waals surface area contributed by atoms with Gasteiger partial charge in [-0.25, -0.2) is 0 Å². The summed E-state index contributed by atoms with van der Waals surface area (Å²) in [6, 6.07) is 10.6. The standard InChI is InChI=1S/C20H21N3O4.H2/c1-13(2)23-10-9-15-16(5-4-6-17(15)23)20(26)21-14-7-8-18(24)22(11-14)12-19(25)27-3;/h4-11,13H,12H2,1-3H3,(H,21,26);1H. The lowest BCUT2D eigenvalue weighted by Crippen LogP contribution is -2.24. The molecule has 1 amide bonds. The molecule has 0 fully saturated rings. The van der Waals surface area contributed by atoms with Crippen molar-refractivity contribution in [1.82, 2.24) is 9.13 Å². The average molecular weight is 369 g/mol. The van der Waals surface area contributed by atoms with E-state index in [1.54, 1.807) is 6.07 Å². The van der Waals surface area contributed by atoms with Crippen LogP contribution in [0.5, 0.6) is 0 Å². The molecule has 0 aliphatic carbocycles. The number of nitrogens with one attached hydrogen (secondary N) is 1. The van der Waals surface area contributed by atoms with E-state index in [9.17, 15) is 14.4 Å². The maximum atomic E-state index is 12.8. The number of carbonyl (C=O) groups excluding carboxylic acids is 2. The van der Waals surface area contributed by atoms with Crippen molar-refractivity contribution < 1.29 is 15.8 Å². The van der Waals surface area contributed by atoms with Crippen molar-refractivity contribution in [3.63, 3.8) is 0 Å². The smallest absolute Gasteiger partial charge is 0.325 e. The molecular weight excluding hydrogens is 346 g/mol. The number of aromatic nitrogens is 2. The first-order chi connectivity index (χ1) is 12.9. The number of hydrogen-bond acceptors (Lipinski definition) is 4. The predicted octanol–water partition coefficient (Wildman–Crippen LogP) is 3.06. The van der Waals surface area contributed by atoms with Crippen molar-refractivity contribution in [1.29, 1.82) is 0 Å². The Morgan fingerprint density at radius 2 is 1.96 bits per heavy atom. The molecule has 27 heavy (non-hydrogen) atoms. The number of rotatable bonds is 5. The van der Waals surface area contributed by atoms with Gasteiger partial charge in [-0.2, -0.15) is 0 Å². The quantitative estimate of drug-likeness (QED) is 0.701. The number of nitrogens with zero attached hydrogens (tertiary/aromatic N) is 2. The van der Waals surface area contributed by atoms with E-state index in [0.29, 0.717) is 11.3 Å². The number of hydrogen-bond donors (Lipinski definition) is 1. The van der Waals surface area contributed by atoms with Crippen LogP contribution in [0.1, 0.15) is 31.7 Å². The maximum absolute atomic E-state index is 12.8. The summed E-state index contributed by atoms with van der Waals surface area (Å²) in [5, 5.41) is 3.64. The second-order valence-electron chi connectivity index (χ2n) is 6.47. The van der Waals surface area contributed by atoms with Gasteiger partial charge in [-0.15, -0.1) is 0 Å². The second-order valence-corrected chi connectivity index (χ2v) is 6.47. The average Bonchev–Trinajstić information content (AvgIpc) is 3.08. The molecule has 0 atom stereocenters. The minimum absolute atomic E-state index is 0. The van der Waals surface area contributed by atoms with E-state index in [-0.39, 0.29) is 25.5 Å². The summed E-state index contributed by atoms with van der Waals surface area (Å²) < 4.78 is 7.87. The lowest BCUT2D eigenvalue weighted by Gasteiger charge is -2.11. The van der Waals surface area contributed by atoms with Crippen LogP contribution in [-0.4, -0.2) is 28.1 Å². The van der Waals surface area contributed by atoms with Gasteiger partial charge in [0.05, 0.1) is 12.8 Å². The Morgan fingerprint density at radius 1 is 1.19 bits per heavy atom. The number of methoxy groups -OCH3 is 1. The van der Waals surface area contributed by atoms with E-state index < -0.39 is 5.97 Å². The van der Waals surface area contributed by atoms with Crippen molar-refractivity contribution in [3.8, 4) is 0 Å². The maximum Gasteiger partial charge on any atom is 0.325 e. The fourth-order valence-corrected chi connectivity index (χ4v) is 2.97. The number of benzene rings is 1. The van der Waals surface area contributed by atoms with Crippen LogP contribution in [-0.2, 0) is 16.1 Å². The second kappa shape index (κ2) is 7.49. The predicted molar refractivity (Wildman–Crippen MR) is 105 cm³/mol. The van der Waals surface area contributed by atoms with Gasteiger partial charge < -0.3 is 19.2 Å². The summed E-state index contributed by atoms with van der Waals surface area (Å²) in [4.78, 5) is 36.1. The number of amides is 1. The first kappa shape index (κ1) is 18.4. The molecule has 1 aromatic carbocycles. The van der Waals surface area contributed by atoms with Crippen molar-refractivity contribution in [2.75, 3.05) is 12.4 Å². The zero-order chi connectivity index (χ0) is 19.6. The van der Waals surface area contributed by atoms with Crippen LogP contribution in [0.25, 0.3) is 10.9 Å². The van der Waals surface area contributed by atoms with Crippen LogP contribution >= 0.6 is 0 Å². The van der Waals surface area contributed by atoms with Crippen LogP contribution in [0.2, 0.25) is 0 Å². The third-order valence-corrected chi connectivity index (χ3v) is 4.33. The Labute approximate surface area is 157 Å². The molecule has 7 heteroatoms.